The van der Waals surface area contributed by atoms with Gasteiger partial charge in [0.1, 0.15) is 0 Å². The second-order valence-electron chi connectivity index (χ2n) is 3.03. The average molecular weight is 226 g/mol. The molecule has 15 heavy (non-hydrogen) atoms. The summed E-state index contributed by atoms with van der Waals surface area (Å²) in [5.74, 6) is 0.486. The van der Waals surface area contributed by atoms with Crippen LogP contribution in [0, 0.1) is 0 Å². The molecule has 6 heteroatoms. The Hall–Kier alpha value is -1.27. The van der Waals surface area contributed by atoms with E-state index in [1.54, 1.807) is 25.6 Å². The number of aromatic nitrogens is 2. The number of rotatable bonds is 4. The number of hydrogen-bond donors (Lipinski definition) is 2. The zero-order valence-electron chi connectivity index (χ0n) is 8.73. The van der Waals surface area contributed by atoms with Crippen LogP contribution >= 0.6 is 12.2 Å². The standard InChI is InChI=1S/C9H14N4OS/c1-7(6-14-2)12-9(15)13-8-10-4-3-5-11-8/h3-5,7H,6H2,1-2H3,(H2,10,11,12,13,15)/t7-/m1/s1. The molecule has 0 aliphatic heterocycles. The number of ether oxygens (including phenoxy) is 1. The monoisotopic (exact) mass is 226 g/mol. The zero-order valence-corrected chi connectivity index (χ0v) is 9.54. The van der Waals surface area contributed by atoms with E-state index in [-0.39, 0.29) is 6.04 Å². The van der Waals surface area contributed by atoms with Gasteiger partial charge >= 0.3 is 0 Å². The Bertz CT molecular complexity index is 306. The predicted molar refractivity (Wildman–Crippen MR) is 62.7 cm³/mol. The van der Waals surface area contributed by atoms with E-state index in [1.165, 1.54) is 0 Å². The first kappa shape index (κ1) is 11.8. The van der Waals surface area contributed by atoms with Crippen LogP contribution in [0.5, 0.6) is 0 Å². The van der Waals surface area contributed by atoms with Crippen LogP contribution in [0.25, 0.3) is 0 Å². The molecule has 0 unspecified atom stereocenters. The van der Waals surface area contributed by atoms with Crippen LogP contribution in [0.3, 0.4) is 0 Å². The van der Waals surface area contributed by atoms with Crippen LogP contribution in [-0.4, -0.2) is 34.8 Å². The van der Waals surface area contributed by atoms with Gasteiger partial charge < -0.3 is 15.4 Å². The molecule has 1 rings (SSSR count). The molecule has 82 valence electrons. The van der Waals surface area contributed by atoms with E-state index in [9.17, 15) is 0 Å². The summed E-state index contributed by atoms with van der Waals surface area (Å²) in [5, 5.41) is 6.41. The van der Waals surface area contributed by atoms with Crippen LogP contribution < -0.4 is 10.6 Å². The number of anilines is 1. The van der Waals surface area contributed by atoms with Crippen molar-refractivity contribution in [1.82, 2.24) is 15.3 Å². The third kappa shape index (κ3) is 4.66. The van der Waals surface area contributed by atoms with Crippen LogP contribution in [0.2, 0.25) is 0 Å². The van der Waals surface area contributed by atoms with Crippen LogP contribution in [0.1, 0.15) is 6.92 Å². The zero-order chi connectivity index (χ0) is 11.1. The van der Waals surface area contributed by atoms with Gasteiger partial charge in [-0.3, -0.25) is 0 Å². The Morgan fingerprint density at radius 3 is 2.80 bits per heavy atom. The van der Waals surface area contributed by atoms with Crippen molar-refractivity contribution in [2.45, 2.75) is 13.0 Å². The minimum Gasteiger partial charge on any atom is -0.383 e. The van der Waals surface area contributed by atoms with Gasteiger partial charge in [0.25, 0.3) is 0 Å². The second-order valence-corrected chi connectivity index (χ2v) is 3.44. The summed E-state index contributed by atoms with van der Waals surface area (Å²) < 4.78 is 4.97. The molecule has 0 amide bonds. The van der Waals surface area contributed by atoms with Crippen molar-refractivity contribution in [3.63, 3.8) is 0 Å². The van der Waals surface area contributed by atoms with E-state index in [1.807, 2.05) is 6.92 Å². The molecule has 0 aromatic carbocycles. The summed E-state index contributed by atoms with van der Waals surface area (Å²) in [6, 6.07) is 1.90. The van der Waals surface area contributed by atoms with E-state index < -0.39 is 0 Å². The highest BCUT2D eigenvalue weighted by Crippen LogP contribution is 1.94. The Morgan fingerprint density at radius 1 is 1.53 bits per heavy atom. The lowest BCUT2D eigenvalue weighted by molar-refractivity contribution is 0.179. The summed E-state index contributed by atoms with van der Waals surface area (Å²) in [7, 11) is 1.65. The normalized spacial score (nSPS) is 11.9. The molecule has 1 aromatic rings. The molecule has 0 aliphatic carbocycles. The molecular weight excluding hydrogens is 212 g/mol. The van der Waals surface area contributed by atoms with Gasteiger partial charge in [-0.15, -0.1) is 0 Å². The van der Waals surface area contributed by atoms with Gasteiger partial charge in [0, 0.05) is 25.5 Å². The summed E-state index contributed by atoms with van der Waals surface area (Å²) in [5.41, 5.74) is 0. The molecule has 0 aliphatic rings. The molecule has 1 atom stereocenters. The fraction of sp³-hybridized carbons (Fsp3) is 0.444. The third-order valence-corrected chi connectivity index (χ3v) is 1.81. The Labute approximate surface area is 94.3 Å². The van der Waals surface area contributed by atoms with Crippen molar-refractivity contribution >= 4 is 23.3 Å². The van der Waals surface area contributed by atoms with E-state index in [0.717, 1.165) is 0 Å². The maximum Gasteiger partial charge on any atom is 0.228 e. The van der Waals surface area contributed by atoms with Crippen LogP contribution in [0.4, 0.5) is 5.95 Å². The minimum atomic E-state index is 0.152. The molecule has 0 spiro atoms. The van der Waals surface area contributed by atoms with Crippen molar-refractivity contribution in [2.24, 2.45) is 0 Å². The summed E-state index contributed by atoms with van der Waals surface area (Å²) in [6.45, 7) is 2.57. The second kappa shape index (κ2) is 6.26. The average Bonchev–Trinajstić information content (AvgIpc) is 2.19. The molecular formula is C9H14N4OS. The number of hydrogen-bond acceptors (Lipinski definition) is 4. The van der Waals surface area contributed by atoms with Gasteiger partial charge in [-0.25, -0.2) is 9.97 Å². The fourth-order valence-electron chi connectivity index (χ4n) is 1.02. The molecule has 0 saturated carbocycles. The topological polar surface area (TPSA) is 59.1 Å². The van der Waals surface area contributed by atoms with Gasteiger partial charge in [0.2, 0.25) is 5.95 Å². The van der Waals surface area contributed by atoms with Gasteiger partial charge in [-0.05, 0) is 25.2 Å². The molecule has 1 heterocycles. The van der Waals surface area contributed by atoms with E-state index in [4.69, 9.17) is 17.0 Å². The summed E-state index contributed by atoms with van der Waals surface area (Å²) >= 11 is 5.07. The van der Waals surface area contributed by atoms with Crippen molar-refractivity contribution in [1.29, 1.82) is 0 Å². The van der Waals surface area contributed by atoms with Crippen LogP contribution in [0.15, 0.2) is 18.5 Å². The van der Waals surface area contributed by atoms with Crippen molar-refractivity contribution in [3.05, 3.63) is 18.5 Å². The summed E-state index contributed by atoms with van der Waals surface area (Å²) in [6.07, 6.45) is 3.30. The van der Waals surface area contributed by atoms with Gasteiger partial charge in [0.15, 0.2) is 5.11 Å². The Balaban J connectivity index is 2.36. The van der Waals surface area contributed by atoms with Gasteiger partial charge in [-0.1, -0.05) is 0 Å². The van der Waals surface area contributed by atoms with Crippen molar-refractivity contribution in [2.75, 3.05) is 19.0 Å². The molecule has 0 radical (unpaired) electrons. The first-order chi connectivity index (χ1) is 7.22. The van der Waals surface area contributed by atoms with Crippen molar-refractivity contribution < 1.29 is 4.74 Å². The van der Waals surface area contributed by atoms with E-state index in [2.05, 4.69) is 20.6 Å². The highest BCUT2D eigenvalue weighted by atomic mass is 32.1. The molecule has 5 nitrogen and oxygen atoms in total. The van der Waals surface area contributed by atoms with Crippen LogP contribution in [-0.2, 0) is 4.74 Å². The molecule has 0 fully saturated rings. The SMILES string of the molecule is COC[C@@H](C)NC(=S)Nc1ncccn1. The summed E-state index contributed by atoms with van der Waals surface area (Å²) in [4.78, 5) is 7.98. The highest BCUT2D eigenvalue weighted by Gasteiger charge is 2.04. The fourth-order valence-corrected chi connectivity index (χ4v) is 1.31. The Kier molecular flexibility index (Phi) is 4.92. The molecule has 2 N–H and O–H groups in total. The lowest BCUT2D eigenvalue weighted by atomic mass is 10.4. The molecule has 0 bridgehead atoms. The van der Waals surface area contributed by atoms with Crippen molar-refractivity contribution in [3.8, 4) is 0 Å². The van der Waals surface area contributed by atoms with Gasteiger partial charge in [-0.2, -0.15) is 0 Å². The smallest absolute Gasteiger partial charge is 0.228 e. The highest BCUT2D eigenvalue weighted by molar-refractivity contribution is 7.80. The number of thiocarbonyl (C=S) groups is 1. The van der Waals surface area contributed by atoms with E-state index in [0.29, 0.717) is 17.7 Å². The third-order valence-electron chi connectivity index (χ3n) is 1.59. The predicted octanol–water partition coefficient (Wildman–Crippen LogP) is 0.798. The minimum absolute atomic E-state index is 0.152. The number of methoxy groups -OCH3 is 1. The lowest BCUT2D eigenvalue weighted by Crippen LogP contribution is -2.38. The molecule has 0 saturated heterocycles. The number of nitrogens with one attached hydrogen (secondary N) is 2. The van der Waals surface area contributed by atoms with Gasteiger partial charge in [0.05, 0.1) is 6.61 Å². The van der Waals surface area contributed by atoms with E-state index >= 15 is 0 Å². The first-order valence-corrected chi connectivity index (χ1v) is 4.96. The molecule has 1 aromatic heterocycles. The lowest BCUT2D eigenvalue weighted by Gasteiger charge is -2.14. The Morgan fingerprint density at radius 2 is 2.20 bits per heavy atom. The number of nitrogens with zero attached hydrogens (tertiary/aromatic N) is 2. The first-order valence-electron chi connectivity index (χ1n) is 4.56. The quantitative estimate of drug-likeness (QED) is 0.741. The maximum atomic E-state index is 5.07. The largest absolute Gasteiger partial charge is 0.383 e. The maximum absolute atomic E-state index is 5.07.